The van der Waals surface area contributed by atoms with Crippen molar-refractivity contribution in [2.24, 2.45) is 0 Å². The van der Waals surface area contributed by atoms with Crippen molar-refractivity contribution >= 4 is 29.2 Å². The van der Waals surface area contributed by atoms with Crippen molar-refractivity contribution in [2.45, 2.75) is 79.6 Å². The molecule has 4 bridgehead atoms. The third-order valence-corrected chi connectivity index (χ3v) is 11.4. The highest BCUT2D eigenvalue weighted by molar-refractivity contribution is 6.13. The summed E-state index contributed by atoms with van der Waals surface area (Å²) in [6.07, 6.45) is -5.75. The van der Waals surface area contributed by atoms with E-state index in [9.17, 15) is 36.3 Å². The summed E-state index contributed by atoms with van der Waals surface area (Å²) < 4.78 is 89.3. The van der Waals surface area contributed by atoms with E-state index in [0.29, 0.717) is 13.1 Å². The number of rotatable bonds is 8. The summed E-state index contributed by atoms with van der Waals surface area (Å²) in [7, 11) is 3.14. The van der Waals surface area contributed by atoms with Crippen LogP contribution in [0.4, 0.5) is 33.5 Å². The van der Waals surface area contributed by atoms with Gasteiger partial charge < -0.3 is 39.8 Å². The summed E-state index contributed by atoms with van der Waals surface area (Å²) in [5.41, 5.74) is -4.45. The van der Waals surface area contributed by atoms with Crippen LogP contribution in [0.25, 0.3) is 0 Å². The van der Waals surface area contributed by atoms with E-state index >= 15 is 0 Å². The molecule has 3 saturated heterocycles. The van der Waals surface area contributed by atoms with Crippen molar-refractivity contribution < 1.29 is 55.3 Å². The molecular weight excluding hydrogens is 687 g/mol. The fourth-order valence-electron chi connectivity index (χ4n) is 8.55. The van der Waals surface area contributed by atoms with Gasteiger partial charge in [0, 0.05) is 43.5 Å². The maximum Gasteiger partial charge on any atom is 0.586 e. The number of nitrogens with one attached hydrogen (secondary N) is 3. The standard InChI is InChI=1S/C33H35F5N6O7/c1-43-9-10-44(13-23(43)45)30-14-29(15-30,16-30)41-25-24(20(48-2)3-8-39-25)27(47)40-19-12-22-21(50-33(37,38)51-22)11-18(19)26(46)42-28-4-6-31(7-5-28,49-17-28)32(34,35)36/h3,8,11-12H,4-7,9-10,13-17H2,1-2H3,(H,39,41)(H,40,47)(H,42,46). The lowest BCUT2D eigenvalue weighted by atomic mass is 9.43. The number of carbonyl (C=O) groups excluding carboxylic acids is 3. The molecule has 0 radical (unpaired) electrons. The molecule has 13 nitrogen and oxygen atoms in total. The highest BCUT2D eigenvalue weighted by Crippen LogP contribution is 2.65. The lowest BCUT2D eigenvalue weighted by Crippen LogP contribution is -2.82. The summed E-state index contributed by atoms with van der Waals surface area (Å²) in [6, 6.07) is 3.47. The molecule has 3 N–H and O–H groups in total. The molecule has 4 aliphatic carbocycles. The average Bonchev–Trinajstić information content (AvgIpc) is 3.35. The minimum atomic E-state index is -4.57. The molecule has 5 heterocycles. The van der Waals surface area contributed by atoms with E-state index in [0.717, 1.165) is 37.9 Å². The van der Waals surface area contributed by atoms with Crippen molar-refractivity contribution in [2.75, 3.05) is 51.0 Å². The van der Waals surface area contributed by atoms with E-state index < -0.39 is 53.5 Å². The Labute approximate surface area is 288 Å². The number of likely N-dealkylation sites (N-methyl/N-ethyl adjacent to an activating group) is 1. The van der Waals surface area contributed by atoms with Gasteiger partial charge in [0.15, 0.2) is 17.1 Å². The number of carbonyl (C=O) groups is 3. The molecule has 4 aliphatic heterocycles. The molecule has 7 fully saturated rings. The van der Waals surface area contributed by atoms with E-state index in [1.54, 1.807) is 11.9 Å². The van der Waals surface area contributed by atoms with E-state index in [1.807, 2.05) is 0 Å². The van der Waals surface area contributed by atoms with Crippen LogP contribution in [0.2, 0.25) is 0 Å². The lowest BCUT2D eigenvalue weighted by Gasteiger charge is -2.74. The summed E-state index contributed by atoms with van der Waals surface area (Å²) in [5.74, 6) is -2.16. The van der Waals surface area contributed by atoms with Crippen molar-refractivity contribution in [3.8, 4) is 17.2 Å². The van der Waals surface area contributed by atoms with Crippen molar-refractivity contribution in [1.29, 1.82) is 0 Å². The fraction of sp³-hybridized carbons (Fsp3) is 0.576. The lowest BCUT2D eigenvalue weighted by molar-refractivity contribution is -0.317. The molecular formula is C33H35F5N6O7. The van der Waals surface area contributed by atoms with E-state index in [4.69, 9.17) is 9.47 Å². The van der Waals surface area contributed by atoms with Gasteiger partial charge >= 0.3 is 12.5 Å². The second-order valence-electron chi connectivity index (χ2n) is 14.6. The Balaban J connectivity index is 1.04. The Hall–Kier alpha value is -4.45. The number of fused-ring (bicyclic) bond motifs is 4. The number of amides is 3. The van der Waals surface area contributed by atoms with E-state index in [-0.39, 0.29) is 71.0 Å². The number of pyridine rings is 1. The number of ether oxygens (including phenoxy) is 4. The first-order valence-corrected chi connectivity index (χ1v) is 16.6. The fourth-order valence-corrected chi connectivity index (χ4v) is 8.55. The molecule has 0 unspecified atom stereocenters. The molecule has 10 rings (SSSR count). The molecule has 51 heavy (non-hydrogen) atoms. The first-order valence-electron chi connectivity index (χ1n) is 16.6. The van der Waals surface area contributed by atoms with Crippen LogP contribution in [0.5, 0.6) is 17.2 Å². The normalized spacial score (nSPS) is 31.7. The van der Waals surface area contributed by atoms with Crippen molar-refractivity contribution in [3.63, 3.8) is 0 Å². The SMILES string of the molecule is COc1ccnc(NC23CC(N4CCN(C)C(=O)C4)(C2)C3)c1C(=O)Nc1cc2c(cc1C(=O)NC13CCC(C(F)(F)F)(CC1)OC3)OC(F)(F)O2. The van der Waals surface area contributed by atoms with Crippen molar-refractivity contribution in [1.82, 2.24) is 20.1 Å². The van der Waals surface area contributed by atoms with Gasteiger partial charge in [-0.25, -0.2) is 4.98 Å². The first kappa shape index (κ1) is 33.7. The average molecular weight is 723 g/mol. The third-order valence-electron chi connectivity index (χ3n) is 11.4. The van der Waals surface area contributed by atoms with E-state index in [2.05, 4.69) is 35.3 Å². The largest absolute Gasteiger partial charge is 0.586 e. The quantitative estimate of drug-likeness (QED) is 0.344. The number of aromatic nitrogens is 1. The zero-order valence-electron chi connectivity index (χ0n) is 27.7. The number of hydrogen-bond acceptors (Lipinski definition) is 10. The second-order valence-corrected chi connectivity index (χ2v) is 14.6. The Bertz CT molecular complexity index is 1800. The summed E-state index contributed by atoms with van der Waals surface area (Å²) in [5, 5.41) is 8.76. The van der Waals surface area contributed by atoms with Crippen LogP contribution in [0.15, 0.2) is 24.4 Å². The molecule has 274 valence electrons. The van der Waals surface area contributed by atoms with Crippen LogP contribution in [-0.2, 0) is 9.53 Å². The molecule has 0 spiro atoms. The van der Waals surface area contributed by atoms with Crippen molar-refractivity contribution in [3.05, 3.63) is 35.5 Å². The van der Waals surface area contributed by atoms with Gasteiger partial charge in [0.05, 0.1) is 37.1 Å². The van der Waals surface area contributed by atoms with Gasteiger partial charge in [-0.05, 0) is 57.1 Å². The molecule has 8 aliphatic rings. The Morgan fingerprint density at radius 2 is 1.67 bits per heavy atom. The molecule has 1 aromatic carbocycles. The summed E-state index contributed by atoms with van der Waals surface area (Å²) in [4.78, 5) is 48.5. The first-order chi connectivity index (χ1) is 24.0. The zero-order valence-corrected chi connectivity index (χ0v) is 27.7. The molecule has 0 atom stereocenters. The highest BCUT2D eigenvalue weighted by atomic mass is 19.4. The Morgan fingerprint density at radius 3 is 2.27 bits per heavy atom. The zero-order chi connectivity index (χ0) is 36.2. The third kappa shape index (κ3) is 5.39. The Morgan fingerprint density at radius 1 is 0.980 bits per heavy atom. The van der Waals surface area contributed by atoms with Gasteiger partial charge in [-0.2, -0.15) is 13.2 Å². The summed E-state index contributed by atoms with van der Waals surface area (Å²) in [6.45, 7) is 1.35. The van der Waals surface area contributed by atoms with Gasteiger partial charge in [-0.3, -0.25) is 19.3 Å². The van der Waals surface area contributed by atoms with Gasteiger partial charge in [0.25, 0.3) is 11.8 Å². The van der Waals surface area contributed by atoms with Crippen LogP contribution < -0.4 is 30.2 Å². The predicted molar refractivity (Wildman–Crippen MR) is 167 cm³/mol. The molecule has 1 aromatic heterocycles. The maximum absolute atomic E-state index is 14.1. The number of nitrogens with zero attached hydrogens (tertiary/aromatic N) is 3. The molecule has 18 heteroatoms. The van der Waals surface area contributed by atoms with E-state index in [1.165, 1.54) is 19.4 Å². The molecule has 3 amide bonds. The van der Waals surface area contributed by atoms with Crippen LogP contribution >= 0.6 is 0 Å². The molecule has 2 aromatic rings. The van der Waals surface area contributed by atoms with Gasteiger partial charge in [-0.1, -0.05) is 0 Å². The number of alkyl halides is 5. The number of methoxy groups -OCH3 is 1. The van der Waals surface area contributed by atoms with Crippen LogP contribution in [0.1, 0.15) is 65.7 Å². The molecule has 4 saturated carbocycles. The smallest absolute Gasteiger partial charge is 0.496 e. The van der Waals surface area contributed by atoms with Gasteiger partial charge in [-0.15, -0.1) is 8.78 Å². The Kier molecular flexibility index (Phi) is 7.28. The second kappa shape index (κ2) is 11.0. The van der Waals surface area contributed by atoms with Crippen LogP contribution in [0, 0.1) is 0 Å². The van der Waals surface area contributed by atoms with Crippen LogP contribution in [-0.4, -0.2) is 108 Å². The van der Waals surface area contributed by atoms with Gasteiger partial charge in [0.2, 0.25) is 5.91 Å². The van der Waals surface area contributed by atoms with Gasteiger partial charge in [0.1, 0.15) is 17.1 Å². The minimum absolute atomic E-state index is 0.0158. The predicted octanol–water partition coefficient (Wildman–Crippen LogP) is 3.90. The minimum Gasteiger partial charge on any atom is -0.496 e. The van der Waals surface area contributed by atoms with Crippen LogP contribution in [0.3, 0.4) is 0 Å². The number of benzene rings is 1. The topological polar surface area (TPSA) is 144 Å². The highest BCUT2D eigenvalue weighted by Gasteiger charge is 2.71. The number of halogens is 5. The monoisotopic (exact) mass is 722 g/mol. The number of hydrogen-bond donors (Lipinski definition) is 3. The number of piperazine rings is 1. The summed E-state index contributed by atoms with van der Waals surface area (Å²) >= 11 is 0. The number of anilines is 2. The maximum atomic E-state index is 14.1.